The maximum atomic E-state index is 12.2. The Hall–Kier alpha value is -2.54. The van der Waals surface area contributed by atoms with Gasteiger partial charge in [-0.1, -0.05) is 34.1 Å². The van der Waals surface area contributed by atoms with Crippen LogP contribution in [-0.4, -0.2) is 31.6 Å². The molecule has 0 fully saturated rings. The topological polar surface area (TPSA) is 76.7 Å². The molecule has 7 heteroatoms. The molecule has 6 nitrogen and oxygen atoms in total. The van der Waals surface area contributed by atoms with Crippen molar-refractivity contribution in [3.05, 3.63) is 52.5 Å². The number of carbonyl (C=O) groups excluding carboxylic acids is 2. The van der Waals surface area contributed by atoms with Crippen LogP contribution in [0.4, 0.5) is 5.69 Å². The Labute approximate surface area is 167 Å². The molecule has 0 aliphatic heterocycles. The van der Waals surface area contributed by atoms with Crippen molar-refractivity contribution in [3.63, 3.8) is 0 Å². The van der Waals surface area contributed by atoms with Crippen LogP contribution in [0.15, 0.2) is 46.9 Å². The van der Waals surface area contributed by atoms with Crippen molar-refractivity contribution in [1.82, 2.24) is 5.32 Å². The van der Waals surface area contributed by atoms with E-state index < -0.39 is 0 Å². The zero-order chi connectivity index (χ0) is 19.6. The highest BCUT2D eigenvalue weighted by Gasteiger charge is 2.14. The minimum absolute atomic E-state index is 0.0965. The van der Waals surface area contributed by atoms with Crippen LogP contribution in [0, 0.1) is 0 Å². The van der Waals surface area contributed by atoms with Gasteiger partial charge in [0.2, 0.25) is 11.8 Å². The number of halogens is 1. The summed E-state index contributed by atoms with van der Waals surface area (Å²) in [7, 11) is 0. The van der Waals surface area contributed by atoms with E-state index in [2.05, 4.69) is 26.6 Å². The van der Waals surface area contributed by atoms with Gasteiger partial charge in [-0.2, -0.15) is 0 Å². The number of hydrogen-bond acceptors (Lipinski definition) is 4. The summed E-state index contributed by atoms with van der Waals surface area (Å²) in [5.41, 5.74) is 1.44. The third-order valence-corrected chi connectivity index (χ3v) is 4.31. The molecule has 144 valence electrons. The summed E-state index contributed by atoms with van der Waals surface area (Å²) in [4.78, 5) is 24.1. The van der Waals surface area contributed by atoms with Gasteiger partial charge in [-0.3, -0.25) is 9.59 Å². The first-order chi connectivity index (χ1) is 13.0. The Bertz CT molecular complexity index is 781. The summed E-state index contributed by atoms with van der Waals surface area (Å²) in [6, 6.07) is 12.7. The number of ether oxygens (including phenoxy) is 2. The van der Waals surface area contributed by atoms with Crippen LogP contribution in [-0.2, 0) is 16.0 Å². The number of anilines is 1. The second-order valence-electron chi connectivity index (χ2n) is 5.62. The van der Waals surface area contributed by atoms with E-state index in [-0.39, 0.29) is 24.8 Å². The molecule has 0 aliphatic carbocycles. The van der Waals surface area contributed by atoms with Crippen molar-refractivity contribution >= 4 is 33.4 Å². The second-order valence-corrected chi connectivity index (χ2v) is 6.48. The smallest absolute Gasteiger partial charge is 0.243 e. The molecule has 0 atom stereocenters. The third kappa shape index (κ3) is 6.60. The van der Waals surface area contributed by atoms with Crippen molar-refractivity contribution in [2.75, 3.05) is 25.1 Å². The largest absolute Gasteiger partial charge is 0.490 e. The van der Waals surface area contributed by atoms with E-state index in [1.807, 2.05) is 32.0 Å². The van der Waals surface area contributed by atoms with Crippen LogP contribution in [0.2, 0.25) is 0 Å². The van der Waals surface area contributed by atoms with Gasteiger partial charge in [-0.15, -0.1) is 0 Å². The zero-order valence-electron chi connectivity index (χ0n) is 15.4. The molecule has 27 heavy (non-hydrogen) atoms. The Balaban J connectivity index is 1.94. The lowest BCUT2D eigenvalue weighted by atomic mass is 10.1. The van der Waals surface area contributed by atoms with Gasteiger partial charge in [-0.25, -0.2) is 0 Å². The fraction of sp³-hybridized carbons (Fsp3) is 0.300. The highest BCUT2D eigenvalue weighted by molar-refractivity contribution is 9.10. The summed E-state index contributed by atoms with van der Waals surface area (Å²) in [5, 5.41) is 5.35. The van der Waals surface area contributed by atoms with Crippen molar-refractivity contribution in [2.24, 2.45) is 0 Å². The quantitative estimate of drug-likeness (QED) is 0.632. The number of hydrogen-bond donors (Lipinski definition) is 2. The molecule has 0 saturated heterocycles. The number of rotatable bonds is 9. The lowest BCUT2D eigenvalue weighted by molar-refractivity contribution is -0.123. The Morgan fingerprint density at radius 1 is 0.963 bits per heavy atom. The molecule has 0 aliphatic rings. The molecule has 2 rings (SSSR count). The van der Waals surface area contributed by atoms with E-state index in [1.165, 1.54) is 0 Å². The molecule has 2 N–H and O–H groups in total. The third-order valence-electron chi connectivity index (χ3n) is 3.57. The van der Waals surface area contributed by atoms with Gasteiger partial charge < -0.3 is 20.1 Å². The molecular weight excluding hydrogens is 412 g/mol. The number of amides is 2. The molecule has 0 spiro atoms. The molecule has 0 heterocycles. The van der Waals surface area contributed by atoms with Crippen LogP contribution < -0.4 is 20.1 Å². The van der Waals surface area contributed by atoms with Gasteiger partial charge >= 0.3 is 0 Å². The second kappa shape index (κ2) is 10.6. The highest BCUT2D eigenvalue weighted by atomic mass is 79.9. The first-order valence-electron chi connectivity index (χ1n) is 8.73. The number of nitrogens with one attached hydrogen (secondary N) is 2. The van der Waals surface area contributed by atoms with E-state index in [0.29, 0.717) is 30.4 Å². The van der Waals surface area contributed by atoms with E-state index in [0.717, 1.165) is 10.0 Å². The van der Waals surface area contributed by atoms with E-state index in [4.69, 9.17) is 9.47 Å². The summed E-state index contributed by atoms with van der Waals surface area (Å²) >= 11 is 3.46. The first kappa shape index (κ1) is 20.8. The first-order valence-corrected chi connectivity index (χ1v) is 9.52. The predicted octanol–water partition coefficient (Wildman–Crippen LogP) is 3.54. The maximum Gasteiger partial charge on any atom is 0.243 e. The summed E-state index contributed by atoms with van der Waals surface area (Å²) in [5.74, 6) is 0.672. The minimum Gasteiger partial charge on any atom is -0.490 e. The molecule has 0 bridgehead atoms. The van der Waals surface area contributed by atoms with Crippen molar-refractivity contribution < 1.29 is 19.1 Å². The normalized spacial score (nSPS) is 10.2. The fourth-order valence-electron chi connectivity index (χ4n) is 2.39. The summed E-state index contributed by atoms with van der Waals surface area (Å²) in [6.07, 6.45) is 0.117. The van der Waals surface area contributed by atoms with Gasteiger partial charge in [0.05, 0.1) is 26.2 Å². The Kier molecular flexibility index (Phi) is 8.13. The van der Waals surface area contributed by atoms with E-state index in [1.54, 1.807) is 24.3 Å². The highest BCUT2D eigenvalue weighted by Crippen LogP contribution is 2.34. The summed E-state index contributed by atoms with van der Waals surface area (Å²) < 4.78 is 11.9. The van der Waals surface area contributed by atoms with E-state index in [9.17, 15) is 9.59 Å². The molecule has 0 unspecified atom stereocenters. The van der Waals surface area contributed by atoms with Gasteiger partial charge in [-0.05, 0) is 43.7 Å². The Morgan fingerprint density at radius 3 is 2.22 bits per heavy atom. The van der Waals surface area contributed by atoms with Gasteiger partial charge in [0.15, 0.2) is 11.5 Å². The Morgan fingerprint density at radius 2 is 1.59 bits per heavy atom. The zero-order valence-corrected chi connectivity index (χ0v) is 17.0. The van der Waals surface area contributed by atoms with E-state index >= 15 is 0 Å². The van der Waals surface area contributed by atoms with Gasteiger partial charge in [0.1, 0.15) is 0 Å². The molecule has 2 amide bonds. The SMILES string of the molecule is CCOc1cc(Br)c(CC(=O)NCC(=O)Nc2ccccc2)cc1OCC. The lowest BCUT2D eigenvalue weighted by Crippen LogP contribution is -2.33. The van der Waals surface area contributed by atoms with Crippen LogP contribution in [0.25, 0.3) is 0 Å². The van der Waals surface area contributed by atoms with Crippen molar-refractivity contribution in [2.45, 2.75) is 20.3 Å². The molecule has 2 aromatic carbocycles. The van der Waals surface area contributed by atoms with Crippen molar-refractivity contribution in [1.29, 1.82) is 0 Å². The maximum absolute atomic E-state index is 12.2. The van der Waals surface area contributed by atoms with Gasteiger partial charge in [0, 0.05) is 10.2 Å². The van der Waals surface area contributed by atoms with Crippen LogP contribution in [0.1, 0.15) is 19.4 Å². The monoisotopic (exact) mass is 434 g/mol. The number of para-hydroxylation sites is 1. The number of benzene rings is 2. The van der Waals surface area contributed by atoms with Crippen LogP contribution in [0.3, 0.4) is 0 Å². The molecule has 0 saturated carbocycles. The minimum atomic E-state index is -0.282. The van der Waals surface area contributed by atoms with Gasteiger partial charge in [0.25, 0.3) is 0 Å². The average molecular weight is 435 g/mol. The molecule has 0 radical (unpaired) electrons. The molecule has 2 aromatic rings. The average Bonchev–Trinajstić information content (AvgIpc) is 2.65. The van der Waals surface area contributed by atoms with Crippen LogP contribution in [0.5, 0.6) is 11.5 Å². The van der Waals surface area contributed by atoms with Crippen molar-refractivity contribution in [3.8, 4) is 11.5 Å². The fourth-order valence-corrected chi connectivity index (χ4v) is 2.85. The molecular formula is C20H23BrN2O4. The predicted molar refractivity (Wildman–Crippen MR) is 108 cm³/mol. The number of carbonyl (C=O) groups is 2. The van der Waals surface area contributed by atoms with Crippen LogP contribution >= 0.6 is 15.9 Å². The molecule has 0 aromatic heterocycles. The lowest BCUT2D eigenvalue weighted by Gasteiger charge is -2.14. The standard InChI is InChI=1S/C20H23BrN2O4/c1-3-26-17-10-14(16(21)12-18(17)27-4-2)11-19(24)22-13-20(25)23-15-8-6-5-7-9-15/h5-10,12H,3-4,11,13H2,1-2H3,(H,22,24)(H,23,25). The summed E-state index contributed by atoms with van der Waals surface area (Å²) in [6.45, 7) is 4.69.